The van der Waals surface area contributed by atoms with Gasteiger partial charge in [0.25, 0.3) is 11.6 Å². The SMILES string of the molecule is O=C(NC1=Cc2ccc([N+](=O)[O-])cc2C1=O)c1ccccc1. The number of ketones is 1. The van der Waals surface area contributed by atoms with E-state index in [1.807, 2.05) is 0 Å². The molecule has 0 aromatic heterocycles. The number of carbonyl (C=O) groups is 2. The molecule has 0 saturated carbocycles. The molecule has 3 rings (SSSR count). The predicted octanol–water partition coefficient (Wildman–Crippen LogP) is 2.56. The van der Waals surface area contributed by atoms with Crippen molar-refractivity contribution in [3.63, 3.8) is 0 Å². The van der Waals surface area contributed by atoms with Crippen molar-refractivity contribution in [3.8, 4) is 0 Å². The van der Waals surface area contributed by atoms with Gasteiger partial charge in [0.1, 0.15) is 0 Å². The number of rotatable bonds is 3. The van der Waals surface area contributed by atoms with Crippen LogP contribution in [0.1, 0.15) is 26.3 Å². The lowest BCUT2D eigenvalue weighted by Gasteiger charge is -2.04. The third kappa shape index (κ3) is 2.37. The van der Waals surface area contributed by atoms with Crippen LogP contribution in [-0.2, 0) is 0 Å². The largest absolute Gasteiger partial charge is 0.319 e. The average Bonchev–Trinajstić information content (AvgIpc) is 2.84. The van der Waals surface area contributed by atoms with E-state index in [1.54, 1.807) is 30.3 Å². The normalized spacial score (nSPS) is 12.5. The summed E-state index contributed by atoms with van der Waals surface area (Å²) in [5.74, 6) is -0.828. The zero-order chi connectivity index (χ0) is 15.7. The van der Waals surface area contributed by atoms with Gasteiger partial charge in [0, 0.05) is 23.3 Å². The zero-order valence-electron chi connectivity index (χ0n) is 11.3. The van der Waals surface area contributed by atoms with Crippen LogP contribution in [0, 0.1) is 10.1 Å². The lowest BCUT2D eigenvalue weighted by molar-refractivity contribution is -0.384. The van der Waals surface area contributed by atoms with Crippen molar-refractivity contribution in [2.45, 2.75) is 0 Å². The highest BCUT2D eigenvalue weighted by atomic mass is 16.6. The number of carbonyl (C=O) groups excluding carboxylic acids is 2. The molecule has 108 valence electrons. The molecule has 1 amide bonds. The highest BCUT2D eigenvalue weighted by molar-refractivity contribution is 6.20. The number of fused-ring (bicyclic) bond motifs is 1. The molecule has 0 spiro atoms. The fourth-order valence-corrected chi connectivity index (χ4v) is 2.22. The summed E-state index contributed by atoms with van der Waals surface area (Å²) in [4.78, 5) is 34.5. The van der Waals surface area contributed by atoms with Crippen LogP contribution in [0.2, 0.25) is 0 Å². The maximum atomic E-state index is 12.2. The standard InChI is InChI=1S/C16H10N2O4/c19-15-13-9-12(18(21)22)7-6-11(13)8-14(15)17-16(20)10-4-2-1-3-5-10/h1-9H,(H,17,19,20). The van der Waals surface area contributed by atoms with Crippen molar-refractivity contribution in [2.24, 2.45) is 0 Å². The molecule has 6 heteroatoms. The Labute approximate surface area is 125 Å². The number of hydrogen-bond donors (Lipinski definition) is 1. The van der Waals surface area contributed by atoms with E-state index in [-0.39, 0.29) is 16.9 Å². The van der Waals surface area contributed by atoms with Gasteiger partial charge in [0.05, 0.1) is 10.6 Å². The Bertz CT molecular complexity index is 825. The summed E-state index contributed by atoms with van der Waals surface area (Å²) in [6.07, 6.45) is 1.52. The van der Waals surface area contributed by atoms with Gasteiger partial charge in [-0.3, -0.25) is 19.7 Å². The van der Waals surface area contributed by atoms with Crippen LogP contribution < -0.4 is 5.32 Å². The Kier molecular flexibility index (Phi) is 3.27. The van der Waals surface area contributed by atoms with Gasteiger partial charge in [-0.25, -0.2) is 0 Å². The number of allylic oxidation sites excluding steroid dienone is 1. The van der Waals surface area contributed by atoms with Crippen molar-refractivity contribution >= 4 is 23.5 Å². The van der Waals surface area contributed by atoms with Crippen molar-refractivity contribution in [1.82, 2.24) is 5.32 Å². The summed E-state index contributed by atoms with van der Waals surface area (Å²) in [5, 5.41) is 13.3. The number of non-ortho nitro benzene ring substituents is 1. The van der Waals surface area contributed by atoms with Gasteiger partial charge in [0.2, 0.25) is 5.78 Å². The highest BCUT2D eigenvalue weighted by Gasteiger charge is 2.26. The molecule has 0 unspecified atom stereocenters. The predicted molar refractivity (Wildman–Crippen MR) is 79.3 cm³/mol. The second kappa shape index (κ2) is 5.25. The summed E-state index contributed by atoms with van der Waals surface area (Å²) in [5.41, 5.74) is 1.16. The van der Waals surface area contributed by atoms with Crippen LogP contribution in [0.5, 0.6) is 0 Å². The molecule has 2 aromatic rings. The lowest BCUT2D eigenvalue weighted by atomic mass is 10.1. The smallest absolute Gasteiger partial charge is 0.270 e. The number of nitrogens with zero attached hydrogens (tertiary/aromatic N) is 1. The third-order valence-electron chi connectivity index (χ3n) is 3.32. The molecular weight excluding hydrogens is 284 g/mol. The second-order valence-electron chi connectivity index (χ2n) is 4.74. The number of hydrogen-bond acceptors (Lipinski definition) is 4. The molecule has 0 radical (unpaired) electrons. The zero-order valence-corrected chi connectivity index (χ0v) is 11.3. The van der Waals surface area contributed by atoms with E-state index in [4.69, 9.17) is 0 Å². The minimum Gasteiger partial charge on any atom is -0.319 e. The first-order chi connectivity index (χ1) is 10.6. The van der Waals surface area contributed by atoms with Crippen LogP contribution in [0.25, 0.3) is 6.08 Å². The lowest BCUT2D eigenvalue weighted by Crippen LogP contribution is -2.25. The first-order valence-electron chi connectivity index (χ1n) is 6.47. The molecule has 0 fully saturated rings. The van der Waals surface area contributed by atoms with Gasteiger partial charge in [-0.05, 0) is 29.8 Å². The van der Waals surface area contributed by atoms with Crippen LogP contribution in [-0.4, -0.2) is 16.6 Å². The van der Waals surface area contributed by atoms with Crippen molar-refractivity contribution < 1.29 is 14.5 Å². The number of amides is 1. The van der Waals surface area contributed by atoms with Gasteiger partial charge in [-0.2, -0.15) is 0 Å². The van der Waals surface area contributed by atoms with E-state index >= 15 is 0 Å². The number of nitrogens with one attached hydrogen (secondary N) is 1. The molecule has 6 nitrogen and oxygen atoms in total. The molecule has 0 saturated heterocycles. The second-order valence-corrected chi connectivity index (χ2v) is 4.74. The van der Waals surface area contributed by atoms with Crippen molar-refractivity contribution in [2.75, 3.05) is 0 Å². The molecule has 0 bridgehead atoms. The van der Waals surface area contributed by atoms with Crippen LogP contribution in [0.15, 0.2) is 54.2 Å². The van der Waals surface area contributed by atoms with E-state index in [9.17, 15) is 19.7 Å². The Balaban J connectivity index is 1.85. The summed E-state index contributed by atoms with van der Waals surface area (Å²) >= 11 is 0. The Morgan fingerprint density at radius 2 is 1.82 bits per heavy atom. The summed E-state index contributed by atoms with van der Waals surface area (Å²) in [6, 6.07) is 12.5. The highest BCUT2D eigenvalue weighted by Crippen LogP contribution is 2.27. The fourth-order valence-electron chi connectivity index (χ4n) is 2.22. The van der Waals surface area contributed by atoms with Crippen LogP contribution in [0.4, 0.5) is 5.69 Å². The minimum absolute atomic E-state index is 0.115. The van der Waals surface area contributed by atoms with Gasteiger partial charge >= 0.3 is 0 Å². The Morgan fingerprint density at radius 1 is 1.09 bits per heavy atom. The topological polar surface area (TPSA) is 89.3 Å². The Hall–Kier alpha value is -3.28. The third-order valence-corrected chi connectivity index (χ3v) is 3.32. The molecule has 0 aliphatic heterocycles. The molecule has 1 aliphatic rings. The molecule has 1 N–H and O–H groups in total. The number of benzene rings is 2. The van der Waals surface area contributed by atoms with E-state index in [0.29, 0.717) is 11.1 Å². The summed E-state index contributed by atoms with van der Waals surface area (Å²) in [7, 11) is 0. The monoisotopic (exact) mass is 294 g/mol. The molecule has 0 heterocycles. The van der Waals surface area contributed by atoms with Crippen LogP contribution in [0.3, 0.4) is 0 Å². The van der Waals surface area contributed by atoms with E-state index in [2.05, 4.69) is 5.32 Å². The van der Waals surface area contributed by atoms with Crippen molar-refractivity contribution in [3.05, 3.63) is 81.0 Å². The quantitative estimate of drug-likeness (QED) is 0.696. The molecule has 1 aliphatic carbocycles. The first-order valence-corrected chi connectivity index (χ1v) is 6.47. The first kappa shape index (κ1) is 13.7. The molecular formula is C16H10N2O4. The fraction of sp³-hybridized carbons (Fsp3) is 0. The van der Waals surface area contributed by atoms with E-state index < -0.39 is 16.6 Å². The van der Waals surface area contributed by atoms with Crippen LogP contribution >= 0.6 is 0 Å². The average molecular weight is 294 g/mol. The summed E-state index contributed by atoms with van der Waals surface area (Å²) < 4.78 is 0. The molecule has 0 atom stereocenters. The van der Waals surface area contributed by atoms with Gasteiger partial charge < -0.3 is 5.32 Å². The summed E-state index contributed by atoms with van der Waals surface area (Å²) in [6.45, 7) is 0. The van der Waals surface area contributed by atoms with Gasteiger partial charge in [-0.15, -0.1) is 0 Å². The Morgan fingerprint density at radius 3 is 2.50 bits per heavy atom. The minimum atomic E-state index is -0.561. The number of nitro benzene ring substituents is 1. The van der Waals surface area contributed by atoms with E-state index in [0.717, 1.165) is 0 Å². The molecule has 2 aromatic carbocycles. The number of nitro groups is 1. The maximum absolute atomic E-state index is 12.2. The molecule has 22 heavy (non-hydrogen) atoms. The maximum Gasteiger partial charge on any atom is 0.270 e. The van der Waals surface area contributed by atoms with Crippen molar-refractivity contribution in [1.29, 1.82) is 0 Å². The van der Waals surface area contributed by atoms with Gasteiger partial charge in [0.15, 0.2) is 0 Å². The van der Waals surface area contributed by atoms with E-state index in [1.165, 1.54) is 24.3 Å². The van der Waals surface area contributed by atoms with Gasteiger partial charge in [-0.1, -0.05) is 18.2 Å². The number of Topliss-reactive ketones (excluding diaryl/α,β-unsaturated/α-hetero) is 1.